The van der Waals surface area contributed by atoms with E-state index in [0.717, 1.165) is 18.4 Å². The van der Waals surface area contributed by atoms with E-state index in [9.17, 15) is 9.59 Å². The molecule has 1 aliphatic carbocycles. The zero-order valence-electron chi connectivity index (χ0n) is 18.9. The Bertz CT molecular complexity index is 1400. The van der Waals surface area contributed by atoms with Crippen molar-refractivity contribution in [1.82, 2.24) is 24.4 Å². The fourth-order valence-electron chi connectivity index (χ4n) is 3.41. The van der Waals surface area contributed by atoms with Gasteiger partial charge in [-0.2, -0.15) is 4.98 Å². The lowest BCUT2D eigenvalue weighted by Crippen LogP contribution is -2.16. The lowest BCUT2D eigenvalue weighted by molar-refractivity contribution is -0.117. The summed E-state index contributed by atoms with van der Waals surface area (Å²) in [7, 11) is 3.17. The molecule has 3 heterocycles. The molecular formula is C23H23N7O4. The van der Waals surface area contributed by atoms with E-state index in [-0.39, 0.29) is 23.7 Å². The number of anilines is 2. The van der Waals surface area contributed by atoms with Crippen molar-refractivity contribution in [1.29, 1.82) is 0 Å². The summed E-state index contributed by atoms with van der Waals surface area (Å²) in [5.41, 5.74) is 2.43. The number of rotatable bonds is 7. The molecule has 34 heavy (non-hydrogen) atoms. The van der Waals surface area contributed by atoms with Crippen molar-refractivity contribution in [2.45, 2.75) is 19.8 Å². The van der Waals surface area contributed by atoms with Crippen molar-refractivity contribution >= 4 is 29.1 Å². The van der Waals surface area contributed by atoms with Crippen LogP contribution in [0.5, 0.6) is 17.4 Å². The molecule has 11 nitrogen and oxygen atoms in total. The van der Waals surface area contributed by atoms with Crippen molar-refractivity contribution in [3.63, 3.8) is 0 Å². The van der Waals surface area contributed by atoms with E-state index in [1.807, 2.05) is 19.1 Å². The van der Waals surface area contributed by atoms with Gasteiger partial charge in [-0.25, -0.2) is 4.52 Å². The number of aryl methyl sites for hydroxylation is 2. The molecular weight excluding hydrogens is 438 g/mol. The molecule has 174 valence electrons. The fraction of sp³-hybridized carbons (Fsp3) is 0.261. The maximum atomic E-state index is 12.7. The van der Waals surface area contributed by atoms with E-state index in [2.05, 4.69) is 25.8 Å². The average molecular weight is 461 g/mol. The number of pyridine rings is 1. The molecule has 0 aliphatic heterocycles. The molecule has 0 bridgehead atoms. The number of hydrogen-bond acceptors (Lipinski definition) is 7. The topological polar surface area (TPSA) is 125 Å². The third-order valence-corrected chi connectivity index (χ3v) is 5.48. The van der Waals surface area contributed by atoms with E-state index < -0.39 is 0 Å². The molecule has 11 heteroatoms. The van der Waals surface area contributed by atoms with Crippen LogP contribution >= 0.6 is 0 Å². The number of benzene rings is 1. The standard InChI is InChI=1S/C23H23N7O4/c1-13-4-7-15(10-17(13)24-22(32)18-11-20(33-3)27-29(18)2)34-16-8-9-19-25-23(28-30(19)12-16)26-21(31)14-5-6-14/h4,7-12,14H,5-6H2,1-3H3,(H,24,32)(H,26,28,31). The van der Waals surface area contributed by atoms with E-state index in [1.165, 1.54) is 11.8 Å². The second-order valence-electron chi connectivity index (χ2n) is 8.09. The molecule has 1 saturated carbocycles. The summed E-state index contributed by atoms with van der Waals surface area (Å²) in [6, 6.07) is 10.5. The highest BCUT2D eigenvalue weighted by molar-refractivity contribution is 6.03. The van der Waals surface area contributed by atoms with Crippen molar-refractivity contribution < 1.29 is 19.1 Å². The first kappa shape index (κ1) is 21.4. The number of fused-ring (bicyclic) bond motifs is 1. The quantitative estimate of drug-likeness (QED) is 0.433. The summed E-state index contributed by atoms with van der Waals surface area (Å²) in [4.78, 5) is 29.0. The van der Waals surface area contributed by atoms with Crippen LogP contribution in [0.3, 0.4) is 0 Å². The molecule has 0 atom stereocenters. The highest BCUT2D eigenvalue weighted by Gasteiger charge is 2.30. The number of nitrogens with zero attached hydrogens (tertiary/aromatic N) is 5. The van der Waals surface area contributed by atoms with Gasteiger partial charge in [0, 0.05) is 30.8 Å². The minimum atomic E-state index is -0.316. The van der Waals surface area contributed by atoms with Crippen molar-refractivity contribution in [3.05, 3.63) is 53.9 Å². The second kappa shape index (κ2) is 8.50. The van der Waals surface area contributed by atoms with Gasteiger partial charge in [0.15, 0.2) is 5.65 Å². The first-order valence-corrected chi connectivity index (χ1v) is 10.7. The molecule has 3 aromatic heterocycles. The second-order valence-corrected chi connectivity index (χ2v) is 8.09. The molecule has 0 spiro atoms. The largest absolute Gasteiger partial charge is 0.480 e. The van der Waals surface area contributed by atoms with Crippen LogP contribution in [0.2, 0.25) is 0 Å². The minimum Gasteiger partial charge on any atom is -0.480 e. The summed E-state index contributed by atoms with van der Waals surface area (Å²) in [5.74, 6) is 1.39. The normalized spacial score (nSPS) is 13.0. The third-order valence-electron chi connectivity index (χ3n) is 5.48. The van der Waals surface area contributed by atoms with Gasteiger partial charge in [-0.3, -0.25) is 19.6 Å². The summed E-state index contributed by atoms with van der Waals surface area (Å²) in [6.45, 7) is 1.89. The first-order valence-electron chi connectivity index (χ1n) is 10.7. The predicted octanol–water partition coefficient (Wildman–Crippen LogP) is 3.17. The average Bonchev–Trinajstić information content (AvgIpc) is 3.49. The van der Waals surface area contributed by atoms with Gasteiger partial charge >= 0.3 is 0 Å². The lowest BCUT2D eigenvalue weighted by atomic mass is 10.2. The third kappa shape index (κ3) is 4.40. The molecule has 4 aromatic rings. The maximum Gasteiger partial charge on any atom is 0.274 e. The van der Waals surface area contributed by atoms with Crippen LogP contribution in [0.4, 0.5) is 11.6 Å². The fourth-order valence-corrected chi connectivity index (χ4v) is 3.41. The number of nitrogens with one attached hydrogen (secondary N) is 2. The van der Waals surface area contributed by atoms with Gasteiger partial charge in [0.25, 0.3) is 5.91 Å². The number of carbonyl (C=O) groups is 2. The molecule has 1 aromatic carbocycles. The molecule has 0 unspecified atom stereocenters. The number of amides is 2. The van der Waals surface area contributed by atoms with Crippen molar-refractivity contribution in [3.8, 4) is 17.4 Å². The lowest BCUT2D eigenvalue weighted by Gasteiger charge is -2.11. The van der Waals surface area contributed by atoms with Crippen LogP contribution < -0.4 is 20.1 Å². The zero-order chi connectivity index (χ0) is 23.8. The van der Waals surface area contributed by atoms with Gasteiger partial charge in [-0.1, -0.05) is 6.07 Å². The monoisotopic (exact) mass is 461 g/mol. The maximum absolute atomic E-state index is 12.7. The Balaban J connectivity index is 1.32. The zero-order valence-corrected chi connectivity index (χ0v) is 18.9. The predicted molar refractivity (Wildman–Crippen MR) is 123 cm³/mol. The van der Waals surface area contributed by atoms with Crippen molar-refractivity contribution in [2.24, 2.45) is 13.0 Å². The molecule has 0 saturated heterocycles. The van der Waals surface area contributed by atoms with Gasteiger partial charge in [0.2, 0.25) is 17.7 Å². The Morgan fingerprint density at radius 3 is 2.59 bits per heavy atom. The molecule has 0 radical (unpaired) electrons. The Morgan fingerprint density at radius 2 is 1.85 bits per heavy atom. The number of carbonyl (C=O) groups excluding carboxylic acids is 2. The summed E-state index contributed by atoms with van der Waals surface area (Å²) in [5, 5.41) is 14.1. The smallest absolute Gasteiger partial charge is 0.274 e. The van der Waals surface area contributed by atoms with E-state index in [1.54, 1.807) is 42.0 Å². The number of aromatic nitrogens is 5. The van der Waals surface area contributed by atoms with Gasteiger partial charge in [-0.05, 0) is 43.5 Å². The minimum absolute atomic E-state index is 0.0498. The molecule has 2 N–H and O–H groups in total. The Hall–Kier alpha value is -4.41. The van der Waals surface area contributed by atoms with Gasteiger partial charge in [0.05, 0.1) is 13.3 Å². The van der Waals surface area contributed by atoms with Gasteiger partial charge in [-0.15, -0.1) is 10.2 Å². The Labute approximate surface area is 194 Å². The van der Waals surface area contributed by atoms with Gasteiger partial charge in [0.1, 0.15) is 17.2 Å². The van der Waals surface area contributed by atoms with E-state index >= 15 is 0 Å². The highest BCUT2D eigenvalue weighted by Crippen LogP contribution is 2.30. The molecule has 1 aliphatic rings. The van der Waals surface area contributed by atoms with Gasteiger partial charge < -0.3 is 14.8 Å². The van der Waals surface area contributed by atoms with Crippen LogP contribution in [0.1, 0.15) is 28.9 Å². The highest BCUT2D eigenvalue weighted by atomic mass is 16.5. The van der Waals surface area contributed by atoms with Crippen LogP contribution in [-0.2, 0) is 11.8 Å². The first-order chi connectivity index (χ1) is 16.4. The van der Waals surface area contributed by atoms with E-state index in [4.69, 9.17) is 9.47 Å². The Morgan fingerprint density at radius 1 is 1.06 bits per heavy atom. The van der Waals surface area contributed by atoms with Crippen LogP contribution in [-0.4, -0.2) is 43.3 Å². The van der Waals surface area contributed by atoms with Crippen molar-refractivity contribution in [2.75, 3.05) is 17.7 Å². The number of hydrogen-bond donors (Lipinski definition) is 2. The Kier molecular flexibility index (Phi) is 5.36. The molecule has 1 fully saturated rings. The number of methoxy groups -OCH3 is 1. The van der Waals surface area contributed by atoms with Crippen LogP contribution in [0.25, 0.3) is 5.65 Å². The van der Waals surface area contributed by atoms with Crippen LogP contribution in [0, 0.1) is 12.8 Å². The number of ether oxygens (including phenoxy) is 2. The summed E-state index contributed by atoms with van der Waals surface area (Å²) in [6.07, 6.45) is 3.49. The van der Waals surface area contributed by atoms with E-state index in [0.29, 0.717) is 34.4 Å². The summed E-state index contributed by atoms with van der Waals surface area (Å²) < 4.78 is 14.1. The van der Waals surface area contributed by atoms with Crippen LogP contribution in [0.15, 0.2) is 42.6 Å². The molecule has 5 rings (SSSR count). The SMILES string of the molecule is COc1cc(C(=O)Nc2cc(Oc3ccc4nc(NC(=O)C5CC5)nn4c3)ccc2C)n(C)n1. The molecule has 2 amide bonds. The summed E-state index contributed by atoms with van der Waals surface area (Å²) >= 11 is 0.